The summed E-state index contributed by atoms with van der Waals surface area (Å²) in [6, 6.07) is 0. The molecule has 0 aliphatic carbocycles. The first-order chi connectivity index (χ1) is 49.7. The Morgan fingerprint density at radius 3 is 0.814 bits per heavy atom. The minimum absolute atomic E-state index is 0.0784. The lowest BCUT2D eigenvalue weighted by Gasteiger charge is -2.21. The highest BCUT2D eigenvalue weighted by molar-refractivity contribution is 7.47. The summed E-state index contributed by atoms with van der Waals surface area (Å²) in [5, 5.41) is 10.6. The molecule has 0 spiro atoms. The maximum Gasteiger partial charge on any atom is 0.472 e. The van der Waals surface area contributed by atoms with Crippen LogP contribution in [0, 0.1) is 0 Å². The summed E-state index contributed by atoms with van der Waals surface area (Å²) in [6.45, 7) is 4.75. The molecule has 0 fully saturated rings. The molecule has 0 aliphatic heterocycles. The van der Waals surface area contributed by atoms with Crippen molar-refractivity contribution in [2.24, 2.45) is 0 Å². The fourth-order valence-corrected chi connectivity index (χ4v) is 12.7. The Balaban J connectivity index is 5.36. The SMILES string of the molecule is CC/C=C\C/C=C\C/C=C\C/C=C\C/C=C\CCCCCC(=O)OCC(COP(=O)(O)OCC(O)COP(=O)(O)OCC(COC(=O)CCCCCCC/C=C\CCCCCCCC)OC(=O)CCCCCCCCCCCCCCCCC)OC(=O)CCCCCCC/C=C\CCCCCC. The summed E-state index contributed by atoms with van der Waals surface area (Å²) < 4.78 is 68.6. The smallest absolute Gasteiger partial charge is 0.462 e. The van der Waals surface area contributed by atoms with Crippen LogP contribution in [0.15, 0.2) is 85.1 Å². The van der Waals surface area contributed by atoms with Crippen LogP contribution in [0.25, 0.3) is 0 Å². The van der Waals surface area contributed by atoms with E-state index in [4.69, 9.17) is 37.0 Å². The number of hydrogen-bond acceptors (Lipinski definition) is 15. The highest BCUT2D eigenvalue weighted by Gasteiger charge is 2.30. The van der Waals surface area contributed by atoms with Gasteiger partial charge in [-0.25, -0.2) is 9.13 Å². The van der Waals surface area contributed by atoms with Crippen LogP contribution in [-0.2, 0) is 65.4 Å². The predicted molar refractivity (Wildman–Crippen MR) is 418 cm³/mol. The number of phosphoric acid groups is 2. The number of aliphatic hydroxyl groups excluding tert-OH is 1. The van der Waals surface area contributed by atoms with Crippen molar-refractivity contribution in [2.75, 3.05) is 39.6 Å². The summed E-state index contributed by atoms with van der Waals surface area (Å²) >= 11 is 0. The van der Waals surface area contributed by atoms with E-state index < -0.39 is 97.5 Å². The summed E-state index contributed by atoms with van der Waals surface area (Å²) in [5.74, 6) is -2.20. The lowest BCUT2D eigenvalue weighted by Crippen LogP contribution is -2.30. The Hall–Kier alpha value is -3.76. The van der Waals surface area contributed by atoms with Crippen LogP contribution in [0.2, 0.25) is 0 Å². The summed E-state index contributed by atoms with van der Waals surface area (Å²) in [7, 11) is -9.96. The van der Waals surface area contributed by atoms with Crippen molar-refractivity contribution in [1.82, 2.24) is 0 Å². The number of carbonyl (C=O) groups is 4. The van der Waals surface area contributed by atoms with E-state index in [2.05, 4.69) is 113 Å². The first kappa shape index (κ1) is 98.2. The first-order valence-corrected chi connectivity index (χ1v) is 43.8. The van der Waals surface area contributed by atoms with E-state index in [9.17, 15) is 43.2 Å². The predicted octanol–water partition coefficient (Wildman–Crippen LogP) is 23.8. The number of unbranched alkanes of at least 4 members (excludes halogenated alkanes) is 37. The zero-order valence-corrected chi connectivity index (χ0v) is 66.6. The highest BCUT2D eigenvalue weighted by Crippen LogP contribution is 2.45. The molecule has 102 heavy (non-hydrogen) atoms. The van der Waals surface area contributed by atoms with E-state index in [-0.39, 0.29) is 25.7 Å². The molecule has 5 unspecified atom stereocenters. The molecule has 19 heteroatoms. The summed E-state index contributed by atoms with van der Waals surface area (Å²) in [5.41, 5.74) is 0. The average Bonchev–Trinajstić information content (AvgIpc) is 0.908. The number of aliphatic hydroxyl groups is 1. The van der Waals surface area contributed by atoms with Crippen molar-refractivity contribution in [3.05, 3.63) is 85.1 Å². The standard InChI is InChI=1S/C83H148O17P2/c1-5-9-13-17-21-25-29-33-36-37-38-39-42-45-48-52-56-60-64-68-81(86)94-73-78(99-82(87)69-65-61-57-53-49-43-32-28-24-20-16-12-8-4)75-97-101(89,90)95-71-77(84)72-96-102(91,92)98-76-79(100-83(88)70-66-62-58-54-50-46-41-35-31-27-23-19-15-11-7-3)74-93-80(85)67-63-59-55-51-47-44-40-34-30-26-22-18-14-10-6-2/h9,13,21,25,28,32-34,36,38-40,45,48,77-79,84H,5-8,10-12,14-20,22-24,26-27,29-31,35,37,41-44,46-47,49-76H2,1-4H3,(H,89,90)(H,91,92)/b13-9-,25-21-,32-28-,36-33-,39-38-,40-34-,48-45-. The zero-order valence-electron chi connectivity index (χ0n) is 64.8. The van der Waals surface area contributed by atoms with Crippen LogP contribution in [0.3, 0.4) is 0 Å². The molecule has 0 radical (unpaired) electrons. The van der Waals surface area contributed by atoms with Gasteiger partial charge in [0.2, 0.25) is 0 Å². The number of esters is 4. The van der Waals surface area contributed by atoms with E-state index >= 15 is 0 Å². The van der Waals surface area contributed by atoms with E-state index in [1.807, 2.05) is 0 Å². The van der Waals surface area contributed by atoms with Gasteiger partial charge in [-0.15, -0.1) is 0 Å². The molecule has 0 aromatic heterocycles. The minimum Gasteiger partial charge on any atom is -0.462 e. The zero-order chi connectivity index (χ0) is 74.6. The number of allylic oxidation sites excluding steroid dienone is 14. The van der Waals surface area contributed by atoms with Crippen molar-refractivity contribution >= 4 is 39.5 Å². The molecule has 17 nitrogen and oxygen atoms in total. The van der Waals surface area contributed by atoms with E-state index in [0.29, 0.717) is 25.7 Å². The van der Waals surface area contributed by atoms with Gasteiger partial charge in [0.25, 0.3) is 0 Å². The number of phosphoric ester groups is 2. The van der Waals surface area contributed by atoms with Crippen LogP contribution in [-0.4, -0.2) is 96.7 Å². The van der Waals surface area contributed by atoms with Gasteiger partial charge >= 0.3 is 39.5 Å². The van der Waals surface area contributed by atoms with Crippen LogP contribution in [0.1, 0.15) is 362 Å². The molecule has 0 aromatic rings. The van der Waals surface area contributed by atoms with Gasteiger partial charge in [0.15, 0.2) is 12.2 Å². The van der Waals surface area contributed by atoms with E-state index in [1.54, 1.807) is 0 Å². The normalized spacial score (nSPS) is 14.3. The lowest BCUT2D eigenvalue weighted by molar-refractivity contribution is -0.161. The summed E-state index contributed by atoms with van der Waals surface area (Å²) in [4.78, 5) is 73.0. The van der Waals surface area contributed by atoms with Crippen LogP contribution in [0.4, 0.5) is 0 Å². The molecular formula is C83H148O17P2. The molecule has 0 heterocycles. The molecule has 5 atom stereocenters. The maximum absolute atomic E-state index is 13.1. The third kappa shape index (κ3) is 74.5. The molecule has 592 valence electrons. The number of carbonyl (C=O) groups excluding carboxylic acids is 4. The van der Waals surface area contributed by atoms with Crippen molar-refractivity contribution < 1.29 is 80.2 Å². The van der Waals surface area contributed by atoms with Crippen LogP contribution < -0.4 is 0 Å². The number of hydrogen-bond donors (Lipinski definition) is 3. The van der Waals surface area contributed by atoms with Gasteiger partial charge in [-0.1, -0.05) is 299 Å². The molecule has 0 rings (SSSR count). The van der Waals surface area contributed by atoms with Gasteiger partial charge in [-0.2, -0.15) is 0 Å². The third-order valence-electron chi connectivity index (χ3n) is 17.3. The van der Waals surface area contributed by atoms with Gasteiger partial charge in [-0.3, -0.25) is 37.3 Å². The third-order valence-corrected chi connectivity index (χ3v) is 19.2. The van der Waals surface area contributed by atoms with Crippen molar-refractivity contribution in [1.29, 1.82) is 0 Å². The average molecular weight is 1480 g/mol. The van der Waals surface area contributed by atoms with Gasteiger partial charge in [0, 0.05) is 25.7 Å². The fraction of sp³-hybridized carbons (Fsp3) is 0.783. The molecule has 0 saturated heterocycles. The second-order valence-electron chi connectivity index (χ2n) is 27.3. The first-order valence-electron chi connectivity index (χ1n) is 40.8. The Labute approximate surface area is 621 Å². The van der Waals surface area contributed by atoms with Crippen LogP contribution in [0.5, 0.6) is 0 Å². The number of ether oxygens (including phenoxy) is 4. The topological polar surface area (TPSA) is 237 Å². The Morgan fingerprint density at radius 1 is 0.284 bits per heavy atom. The van der Waals surface area contributed by atoms with E-state index in [1.165, 1.54) is 128 Å². The van der Waals surface area contributed by atoms with Gasteiger partial charge in [0.05, 0.1) is 26.4 Å². The Kier molecular flexibility index (Phi) is 72.7. The largest absolute Gasteiger partial charge is 0.472 e. The molecule has 0 amide bonds. The quantitative estimate of drug-likeness (QED) is 0.0169. The van der Waals surface area contributed by atoms with Crippen molar-refractivity contribution in [3.8, 4) is 0 Å². The molecule has 0 aromatic carbocycles. The number of rotatable bonds is 77. The van der Waals surface area contributed by atoms with Crippen molar-refractivity contribution in [3.63, 3.8) is 0 Å². The minimum atomic E-state index is -4.98. The lowest BCUT2D eigenvalue weighted by atomic mass is 10.0. The second kappa shape index (κ2) is 75.5. The maximum atomic E-state index is 13.1. The van der Waals surface area contributed by atoms with Gasteiger partial charge < -0.3 is 33.8 Å². The van der Waals surface area contributed by atoms with E-state index in [0.717, 1.165) is 154 Å². The van der Waals surface area contributed by atoms with Crippen molar-refractivity contribution in [2.45, 2.75) is 380 Å². The van der Waals surface area contributed by atoms with Gasteiger partial charge in [0.1, 0.15) is 19.3 Å². The Morgan fingerprint density at radius 2 is 0.510 bits per heavy atom. The van der Waals surface area contributed by atoms with Gasteiger partial charge in [-0.05, 0) is 122 Å². The van der Waals surface area contributed by atoms with Crippen LogP contribution >= 0.6 is 15.6 Å². The second-order valence-corrected chi connectivity index (χ2v) is 30.2. The monoisotopic (exact) mass is 1480 g/mol. The molecule has 3 N–H and O–H groups in total. The fourth-order valence-electron chi connectivity index (χ4n) is 11.1. The molecular weight excluding hydrogens is 1330 g/mol. The summed E-state index contributed by atoms with van der Waals surface area (Å²) in [6.07, 6.45) is 78.4. The Bertz CT molecular complexity index is 2260. The molecule has 0 bridgehead atoms. The highest BCUT2D eigenvalue weighted by atomic mass is 31.2. The molecule has 0 saturated carbocycles. The molecule has 0 aliphatic rings.